The molecule has 0 atom stereocenters. The molecule has 3 aliphatic rings. The second-order valence-electron chi connectivity index (χ2n) is 8.76. The number of piperidine rings is 1. The summed E-state index contributed by atoms with van der Waals surface area (Å²) in [5.74, 6) is 1.44. The molecule has 2 aromatic rings. The summed E-state index contributed by atoms with van der Waals surface area (Å²) >= 11 is 0. The monoisotopic (exact) mass is 380 g/mol. The molecule has 2 aromatic heterocycles. The zero-order valence-corrected chi connectivity index (χ0v) is 16.3. The molecule has 7 nitrogen and oxygen atoms in total. The SMILES string of the molecule is O=C(NC1CCC1)c1nnc2n1CC1(CC2)CCN(Cc2cccnc2)CC1. The molecule has 1 saturated carbocycles. The molecule has 7 heteroatoms. The molecule has 0 aromatic carbocycles. The Labute approximate surface area is 165 Å². The van der Waals surface area contributed by atoms with Crippen LogP contribution in [0.5, 0.6) is 0 Å². The Kier molecular flexibility index (Phi) is 4.62. The summed E-state index contributed by atoms with van der Waals surface area (Å²) < 4.78 is 2.11. The molecule has 148 valence electrons. The third-order valence-corrected chi connectivity index (χ3v) is 6.89. The van der Waals surface area contributed by atoms with Crippen LogP contribution in [-0.2, 0) is 19.5 Å². The fourth-order valence-electron chi connectivity index (χ4n) is 4.79. The van der Waals surface area contributed by atoms with Crippen molar-refractivity contribution in [1.29, 1.82) is 0 Å². The van der Waals surface area contributed by atoms with E-state index < -0.39 is 0 Å². The Morgan fingerprint density at radius 3 is 2.79 bits per heavy atom. The lowest BCUT2D eigenvalue weighted by molar-refractivity contribution is 0.0615. The minimum Gasteiger partial charge on any atom is -0.347 e. The van der Waals surface area contributed by atoms with Gasteiger partial charge in [-0.25, -0.2) is 0 Å². The lowest BCUT2D eigenvalue weighted by atomic mass is 9.73. The zero-order valence-electron chi connectivity index (χ0n) is 16.3. The normalized spacial score (nSPS) is 21.9. The number of rotatable bonds is 4. The van der Waals surface area contributed by atoms with Crippen LogP contribution in [0.3, 0.4) is 0 Å². The molecule has 4 heterocycles. The smallest absolute Gasteiger partial charge is 0.289 e. The molecule has 0 bridgehead atoms. The third kappa shape index (κ3) is 3.43. The van der Waals surface area contributed by atoms with Crippen LogP contribution in [0, 0.1) is 5.41 Å². The molecule has 5 rings (SSSR count). The summed E-state index contributed by atoms with van der Waals surface area (Å²) in [5, 5.41) is 11.7. The van der Waals surface area contributed by atoms with Crippen LogP contribution in [0.1, 0.15) is 60.5 Å². The summed E-state index contributed by atoms with van der Waals surface area (Å²) in [7, 11) is 0. The van der Waals surface area contributed by atoms with Crippen LogP contribution in [0.2, 0.25) is 0 Å². The maximum absolute atomic E-state index is 12.7. The second-order valence-corrected chi connectivity index (χ2v) is 8.76. The topological polar surface area (TPSA) is 75.9 Å². The van der Waals surface area contributed by atoms with Gasteiger partial charge in [0, 0.05) is 37.9 Å². The minimum absolute atomic E-state index is 0.0467. The van der Waals surface area contributed by atoms with Crippen LogP contribution >= 0.6 is 0 Å². The Hall–Kier alpha value is -2.28. The number of aromatic nitrogens is 4. The van der Waals surface area contributed by atoms with Crippen LogP contribution in [0.25, 0.3) is 0 Å². The van der Waals surface area contributed by atoms with Crippen molar-refractivity contribution in [3.05, 3.63) is 41.7 Å². The first-order valence-electron chi connectivity index (χ1n) is 10.6. The van der Waals surface area contributed by atoms with E-state index in [4.69, 9.17) is 0 Å². The fourth-order valence-corrected chi connectivity index (χ4v) is 4.79. The predicted molar refractivity (Wildman–Crippen MR) is 105 cm³/mol. The molecule has 1 aliphatic carbocycles. The lowest BCUT2D eigenvalue weighted by Crippen LogP contribution is -2.45. The van der Waals surface area contributed by atoms with Crippen molar-refractivity contribution in [3.63, 3.8) is 0 Å². The van der Waals surface area contributed by atoms with E-state index in [9.17, 15) is 4.79 Å². The van der Waals surface area contributed by atoms with Crippen molar-refractivity contribution in [3.8, 4) is 0 Å². The minimum atomic E-state index is -0.0467. The number of nitrogens with one attached hydrogen (secondary N) is 1. The summed E-state index contributed by atoms with van der Waals surface area (Å²) in [6.07, 6.45) is 11.6. The number of carbonyl (C=O) groups is 1. The van der Waals surface area contributed by atoms with Gasteiger partial charge >= 0.3 is 0 Å². The number of pyridine rings is 1. The van der Waals surface area contributed by atoms with Gasteiger partial charge in [-0.15, -0.1) is 10.2 Å². The highest BCUT2D eigenvalue weighted by Gasteiger charge is 2.40. The number of hydrogen-bond acceptors (Lipinski definition) is 5. The fraction of sp³-hybridized carbons (Fsp3) is 0.619. The largest absolute Gasteiger partial charge is 0.347 e. The Bertz CT molecular complexity index is 836. The van der Waals surface area contributed by atoms with Crippen molar-refractivity contribution in [2.24, 2.45) is 5.41 Å². The molecule has 0 unspecified atom stereocenters. The van der Waals surface area contributed by atoms with Gasteiger partial charge in [0.05, 0.1) is 0 Å². The van der Waals surface area contributed by atoms with E-state index in [-0.39, 0.29) is 11.3 Å². The van der Waals surface area contributed by atoms with Crippen LogP contribution in [0.4, 0.5) is 0 Å². The molecule has 28 heavy (non-hydrogen) atoms. The van der Waals surface area contributed by atoms with Gasteiger partial charge < -0.3 is 9.88 Å². The van der Waals surface area contributed by atoms with Crippen LogP contribution in [-0.4, -0.2) is 49.7 Å². The average molecular weight is 380 g/mol. The van der Waals surface area contributed by atoms with Crippen LogP contribution in [0.15, 0.2) is 24.5 Å². The zero-order chi connectivity index (χ0) is 19.0. The molecule has 2 aliphatic heterocycles. The lowest BCUT2D eigenvalue weighted by Gasteiger charge is -2.44. The number of carbonyl (C=O) groups excluding carboxylic acids is 1. The van der Waals surface area contributed by atoms with Crippen molar-refractivity contribution >= 4 is 5.91 Å². The van der Waals surface area contributed by atoms with E-state index in [1.807, 2.05) is 18.5 Å². The van der Waals surface area contributed by atoms with E-state index in [0.717, 1.165) is 70.5 Å². The van der Waals surface area contributed by atoms with Gasteiger partial charge in [-0.05, 0) is 68.7 Å². The summed E-state index contributed by atoms with van der Waals surface area (Å²) in [5.41, 5.74) is 1.55. The number of aryl methyl sites for hydroxylation is 1. The van der Waals surface area contributed by atoms with Crippen LogP contribution < -0.4 is 5.32 Å². The first-order chi connectivity index (χ1) is 13.7. The highest BCUT2D eigenvalue weighted by atomic mass is 16.2. The number of nitrogens with zero attached hydrogens (tertiary/aromatic N) is 5. The van der Waals surface area contributed by atoms with Gasteiger partial charge in [0.25, 0.3) is 5.91 Å². The summed E-state index contributed by atoms with van der Waals surface area (Å²) in [4.78, 5) is 19.4. The third-order valence-electron chi connectivity index (χ3n) is 6.89. The first-order valence-corrected chi connectivity index (χ1v) is 10.6. The number of fused-ring (bicyclic) bond motifs is 1. The molecule has 0 radical (unpaired) electrons. The van der Waals surface area contributed by atoms with Crippen molar-refractivity contribution in [2.45, 2.75) is 64.1 Å². The first kappa shape index (κ1) is 17.8. The van der Waals surface area contributed by atoms with Gasteiger partial charge in [-0.3, -0.25) is 14.7 Å². The number of hydrogen-bond donors (Lipinski definition) is 1. The number of likely N-dealkylation sites (tertiary alicyclic amines) is 1. The predicted octanol–water partition coefficient (Wildman–Crippen LogP) is 2.18. The standard InChI is InChI=1S/C21H28N6O/c28-20(23-17-4-1-5-17)19-25-24-18-6-7-21(15-27(18)19)8-11-26(12-9-21)14-16-3-2-10-22-13-16/h2-3,10,13,17H,1,4-9,11-12,14-15H2,(H,23,28). The summed E-state index contributed by atoms with van der Waals surface area (Å²) in [6, 6.07) is 4.48. The molecular weight excluding hydrogens is 352 g/mol. The highest BCUT2D eigenvalue weighted by molar-refractivity contribution is 5.91. The summed E-state index contributed by atoms with van der Waals surface area (Å²) in [6.45, 7) is 4.03. The molecule has 1 spiro atoms. The Balaban J connectivity index is 1.24. The van der Waals surface area contributed by atoms with Gasteiger partial charge in [0.1, 0.15) is 5.82 Å². The Morgan fingerprint density at radius 2 is 2.07 bits per heavy atom. The highest BCUT2D eigenvalue weighted by Crippen LogP contribution is 2.41. The van der Waals surface area contributed by atoms with E-state index >= 15 is 0 Å². The van der Waals surface area contributed by atoms with E-state index in [0.29, 0.717) is 11.9 Å². The maximum Gasteiger partial charge on any atom is 0.289 e. The van der Waals surface area contributed by atoms with Gasteiger partial charge in [-0.2, -0.15) is 0 Å². The average Bonchev–Trinajstić information content (AvgIpc) is 3.10. The molecule has 2 fully saturated rings. The second kappa shape index (κ2) is 7.28. The van der Waals surface area contributed by atoms with Gasteiger partial charge in [-0.1, -0.05) is 6.07 Å². The van der Waals surface area contributed by atoms with Gasteiger partial charge in [0.15, 0.2) is 0 Å². The Morgan fingerprint density at radius 1 is 1.21 bits per heavy atom. The molecule has 1 saturated heterocycles. The van der Waals surface area contributed by atoms with Crippen molar-refractivity contribution in [1.82, 2.24) is 30.0 Å². The van der Waals surface area contributed by atoms with Crippen molar-refractivity contribution in [2.75, 3.05) is 13.1 Å². The van der Waals surface area contributed by atoms with Crippen molar-refractivity contribution < 1.29 is 4.79 Å². The van der Waals surface area contributed by atoms with E-state index in [1.165, 1.54) is 12.0 Å². The number of amides is 1. The van der Waals surface area contributed by atoms with Gasteiger partial charge in [0.2, 0.25) is 5.82 Å². The quantitative estimate of drug-likeness (QED) is 0.880. The van der Waals surface area contributed by atoms with E-state index in [1.54, 1.807) is 0 Å². The molecule has 1 amide bonds. The van der Waals surface area contributed by atoms with E-state index in [2.05, 4.69) is 36.0 Å². The molecule has 1 N–H and O–H groups in total. The molecular formula is C21H28N6O. The maximum atomic E-state index is 12.7.